The van der Waals surface area contributed by atoms with Crippen molar-refractivity contribution in [2.45, 2.75) is 27.0 Å². The van der Waals surface area contributed by atoms with Crippen LogP contribution < -0.4 is 14.8 Å². The Balaban J connectivity index is 1.96. The maximum absolute atomic E-state index is 13.0. The van der Waals surface area contributed by atoms with Gasteiger partial charge in [0.05, 0.1) is 12.1 Å². The average Bonchev–Trinajstić information content (AvgIpc) is 2.68. The van der Waals surface area contributed by atoms with E-state index in [9.17, 15) is 4.39 Å². The number of rotatable bonds is 11. The zero-order chi connectivity index (χ0) is 19.6. The van der Waals surface area contributed by atoms with Crippen LogP contribution >= 0.6 is 11.6 Å². The minimum Gasteiger partial charge on any atom is -0.493 e. The Hall–Kier alpha value is -1.82. The molecule has 0 aromatic heterocycles. The summed E-state index contributed by atoms with van der Waals surface area (Å²) in [5, 5.41) is 3.93. The second kappa shape index (κ2) is 11.1. The molecule has 0 atom stereocenters. The maximum Gasteiger partial charge on any atom is 0.180 e. The highest BCUT2D eigenvalue weighted by Crippen LogP contribution is 2.37. The van der Waals surface area contributed by atoms with Crippen LogP contribution in [0.15, 0.2) is 36.4 Å². The minimum absolute atomic E-state index is 0.271. The van der Waals surface area contributed by atoms with Gasteiger partial charge in [-0.2, -0.15) is 0 Å². The van der Waals surface area contributed by atoms with Crippen LogP contribution in [0.5, 0.6) is 11.5 Å². The van der Waals surface area contributed by atoms with Crippen LogP contribution in [0.2, 0.25) is 5.02 Å². The second-order valence-corrected chi connectivity index (χ2v) is 6.64. The van der Waals surface area contributed by atoms with E-state index in [4.69, 9.17) is 21.1 Å². The largest absolute Gasteiger partial charge is 0.493 e. The van der Waals surface area contributed by atoms with E-state index in [1.807, 2.05) is 12.1 Å². The molecule has 0 fully saturated rings. The Morgan fingerprint density at radius 1 is 1.07 bits per heavy atom. The summed E-state index contributed by atoms with van der Waals surface area (Å²) in [5.74, 6) is 0.813. The quantitative estimate of drug-likeness (QED) is 0.569. The van der Waals surface area contributed by atoms with Gasteiger partial charge < -0.3 is 19.7 Å². The van der Waals surface area contributed by atoms with Gasteiger partial charge in [-0.1, -0.05) is 37.6 Å². The predicted molar refractivity (Wildman–Crippen MR) is 108 cm³/mol. The van der Waals surface area contributed by atoms with Crippen LogP contribution in [0.25, 0.3) is 0 Å². The number of likely N-dealkylation sites (N-methyl/N-ethyl adjacent to an activating group) is 1. The highest BCUT2D eigenvalue weighted by molar-refractivity contribution is 6.32. The zero-order valence-electron chi connectivity index (χ0n) is 16.2. The highest BCUT2D eigenvalue weighted by Gasteiger charge is 2.12. The van der Waals surface area contributed by atoms with Gasteiger partial charge in [-0.25, -0.2) is 4.39 Å². The molecule has 6 heteroatoms. The van der Waals surface area contributed by atoms with Crippen LogP contribution in [-0.2, 0) is 13.2 Å². The fourth-order valence-electron chi connectivity index (χ4n) is 2.76. The van der Waals surface area contributed by atoms with E-state index in [1.165, 1.54) is 12.1 Å². The number of ether oxygens (including phenoxy) is 2. The van der Waals surface area contributed by atoms with Crippen LogP contribution in [0, 0.1) is 5.82 Å². The molecule has 1 N–H and O–H groups in total. The molecular formula is C21H28ClFN2O2. The molecule has 0 aliphatic carbocycles. The normalized spacial score (nSPS) is 11.0. The van der Waals surface area contributed by atoms with Crippen molar-refractivity contribution in [3.63, 3.8) is 0 Å². The summed E-state index contributed by atoms with van der Waals surface area (Å²) in [6.45, 7) is 9.35. The third-order valence-electron chi connectivity index (χ3n) is 4.41. The third-order valence-corrected chi connectivity index (χ3v) is 4.69. The van der Waals surface area contributed by atoms with Crippen molar-refractivity contribution in [2.75, 3.05) is 33.3 Å². The van der Waals surface area contributed by atoms with Crippen molar-refractivity contribution in [3.8, 4) is 11.5 Å². The summed E-state index contributed by atoms with van der Waals surface area (Å²) >= 11 is 6.41. The first-order valence-electron chi connectivity index (χ1n) is 9.24. The minimum atomic E-state index is -0.271. The van der Waals surface area contributed by atoms with Crippen LogP contribution in [0.4, 0.5) is 4.39 Å². The van der Waals surface area contributed by atoms with Gasteiger partial charge in [0.2, 0.25) is 0 Å². The van der Waals surface area contributed by atoms with Gasteiger partial charge in [0.25, 0.3) is 0 Å². The molecule has 2 aromatic rings. The molecule has 0 aliphatic heterocycles. The Morgan fingerprint density at radius 3 is 2.41 bits per heavy atom. The van der Waals surface area contributed by atoms with Gasteiger partial charge in [0.15, 0.2) is 11.5 Å². The van der Waals surface area contributed by atoms with Crippen molar-refractivity contribution in [1.29, 1.82) is 0 Å². The Bertz CT molecular complexity index is 706. The summed E-state index contributed by atoms with van der Waals surface area (Å²) in [7, 11) is 1.59. The van der Waals surface area contributed by atoms with Crippen molar-refractivity contribution in [3.05, 3.63) is 58.4 Å². The number of hydrogen-bond donors (Lipinski definition) is 1. The molecule has 0 radical (unpaired) electrons. The van der Waals surface area contributed by atoms with E-state index < -0.39 is 0 Å². The molecule has 0 heterocycles. The van der Waals surface area contributed by atoms with E-state index in [0.29, 0.717) is 23.1 Å². The summed E-state index contributed by atoms with van der Waals surface area (Å²) in [6, 6.07) is 9.99. The Kier molecular flexibility index (Phi) is 8.85. The Morgan fingerprint density at radius 2 is 1.78 bits per heavy atom. The molecule has 2 rings (SSSR count). The second-order valence-electron chi connectivity index (χ2n) is 6.23. The molecule has 27 heavy (non-hydrogen) atoms. The van der Waals surface area contributed by atoms with Crippen molar-refractivity contribution < 1.29 is 13.9 Å². The number of hydrogen-bond acceptors (Lipinski definition) is 4. The van der Waals surface area contributed by atoms with E-state index in [1.54, 1.807) is 19.2 Å². The van der Waals surface area contributed by atoms with Gasteiger partial charge in [-0.15, -0.1) is 0 Å². The third kappa shape index (κ3) is 6.69. The van der Waals surface area contributed by atoms with Crippen LogP contribution in [0.3, 0.4) is 0 Å². The van der Waals surface area contributed by atoms with E-state index >= 15 is 0 Å². The lowest BCUT2D eigenvalue weighted by atomic mass is 10.2. The molecule has 0 amide bonds. The lowest BCUT2D eigenvalue weighted by molar-refractivity contribution is 0.284. The monoisotopic (exact) mass is 394 g/mol. The summed E-state index contributed by atoms with van der Waals surface area (Å²) in [4.78, 5) is 2.37. The van der Waals surface area contributed by atoms with Gasteiger partial charge >= 0.3 is 0 Å². The molecule has 0 bridgehead atoms. The number of nitrogens with one attached hydrogen (secondary N) is 1. The van der Waals surface area contributed by atoms with E-state index in [-0.39, 0.29) is 12.4 Å². The average molecular weight is 395 g/mol. The lowest BCUT2D eigenvalue weighted by Gasteiger charge is -2.18. The van der Waals surface area contributed by atoms with E-state index in [2.05, 4.69) is 24.1 Å². The fraction of sp³-hybridized carbons (Fsp3) is 0.429. The first-order valence-corrected chi connectivity index (χ1v) is 9.61. The first kappa shape index (κ1) is 21.5. The molecule has 0 saturated carbocycles. The Labute approximate surface area is 166 Å². The van der Waals surface area contributed by atoms with Crippen molar-refractivity contribution >= 4 is 11.6 Å². The lowest BCUT2D eigenvalue weighted by Crippen LogP contribution is -2.31. The van der Waals surface area contributed by atoms with Crippen LogP contribution in [-0.4, -0.2) is 38.2 Å². The van der Waals surface area contributed by atoms with Gasteiger partial charge in [-0.3, -0.25) is 0 Å². The number of halogens is 2. The van der Waals surface area contributed by atoms with Gasteiger partial charge in [0, 0.05) is 19.6 Å². The summed E-state index contributed by atoms with van der Waals surface area (Å²) in [6.07, 6.45) is 0. The molecule has 4 nitrogen and oxygen atoms in total. The summed E-state index contributed by atoms with van der Waals surface area (Å²) < 4.78 is 24.3. The molecule has 0 unspecified atom stereocenters. The van der Waals surface area contributed by atoms with Gasteiger partial charge in [-0.05, 0) is 48.5 Å². The fourth-order valence-corrected chi connectivity index (χ4v) is 3.05. The summed E-state index contributed by atoms with van der Waals surface area (Å²) in [5.41, 5.74) is 1.89. The smallest absolute Gasteiger partial charge is 0.180 e. The molecule has 0 spiro atoms. The SMILES string of the molecule is CCN(CC)CCNCc1cc(Cl)c(OCc2ccc(F)cc2)c(OC)c1. The molecule has 0 aliphatic rings. The molecular weight excluding hydrogens is 367 g/mol. The first-order chi connectivity index (χ1) is 13.1. The topological polar surface area (TPSA) is 33.7 Å². The standard InChI is InChI=1S/C21H28ClFN2O2/c1-4-25(5-2)11-10-24-14-17-12-19(22)21(20(13-17)26-3)27-15-16-6-8-18(23)9-7-16/h6-9,12-13,24H,4-5,10-11,14-15H2,1-3H3. The van der Waals surface area contributed by atoms with Gasteiger partial charge in [0.1, 0.15) is 12.4 Å². The predicted octanol–water partition coefficient (Wildman–Crippen LogP) is 4.50. The maximum atomic E-state index is 13.0. The van der Waals surface area contributed by atoms with Crippen LogP contribution in [0.1, 0.15) is 25.0 Å². The number of benzene rings is 2. The molecule has 0 saturated heterocycles. The molecule has 2 aromatic carbocycles. The number of methoxy groups -OCH3 is 1. The molecule has 148 valence electrons. The highest BCUT2D eigenvalue weighted by atomic mass is 35.5. The zero-order valence-corrected chi connectivity index (χ0v) is 17.0. The van der Waals surface area contributed by atoms with Crippen molar-refractivity contribution in [2.24, 2.45) is 0 Å². The van der Waals surface area contributed by atoms with E-state index in [0.717, 1.165) is 37.3 Å². The van der Waals surface area contributed by atoms with Crippen molar-refractivity contribution in [1.82, 2.24) is 10.2 Å². The number of nitrogens with zero attached hydrogens (tertiary/aromatic N) is 1.